The van der Waals surface area contributed by atoms with Crippen LogP contribution in [0.25, 0.3) is 0 Å². The van der Waals surface area contributed by atoms with Crippen molar-refractivity contribution in [2.45, 2.75) is 39.5 Å². The lowest BCUT2D eigenvalue weighted by Gasteiger charge is -2.23. The van der Waals surface area contributed by atoms with Crippen LogP contribution in [0.4, 0.5) is 0 Å². The highest BCUT2D eigenvalue weighted by Gasteiger charge is 2.45. The maximum Gasteiger partial charge on any atom is -0.0320 e. The smallest absolute Gasteiger partial charge is 0.0320 e. The van der Waals surface area contributed by atoms with Crippen molar-refractivity contribution in [3.05, 3.63) is 0 Å². The fourth-order valence-electron chi connectivity index (χ4n) is 2.99. The highest BCUT2D eigenvalue weighted by atomic mass is 14.5. The van der Waals surface area contributed by atoms with Crippen molar-refractivity contribution in [2.24, 2.45) is 17.3 Å². The lowest BCUT2D eigenvalue weighted by Crippen LogP contribution is -2.12. The molecule has 0 aromatic carbocycles. The predicted octanol–water partition coefficient (Wildman–Crippen LogP) is 2.83. The fourth-order valence-corrected chi connectivity index (χ4v) is 2.99. The van der Waals surface area contributed by atoms with Crippen molar-refractivity contribution < 1.29 is 0 Å². The van der Waals surface area contributed by atoms with Gasteiger partial charge < -0.3 is 0 Å². The minimum absolute atomic E-state index is 0.782. The Balaban J connectivity index is 2.19. The van der Waals surface area contributed by atoms with Crippen molar-refractivity contribution in [3.8, 4) is 0 Å². The summed E-state index contributed by atoms with van der Waals surface area (Å²) in [5.74, 6) is 2.15. The molecular weight excluding hydrogens is 108 g/mol. The number of hydrogen-bond acceptors (Lipinski definition) is 0. The minimum Gasteiger partial charge on any atom is -0.0622 e. The van der Waals surface area contributed by atoms with Crippen LogP contribution in [0.2, 0.25) is 0 Å². The van der Waals surface area contributed by atoms with Crippen LogP contribution in [0, 0.1) is 17.3 Å². The molecule has 0 aromatic rings. The largest absolute Gasteiger partial charge is 0.0622 e. The second-order valence-corrected chi connectivity index (χ2v) is 4.49. The minimum atomic E-state index is 0.782. The molecule has 0 radical (unpaired) electrons. The molecule has 2 bridgehead atoms. The first-order valence-corrected chi connectivity index (χ1v) is 4.20. The first kappa shape index (κ1) is 5.76. The van der Waals surface area contributed by atoms with E-state index in [2.05, 4.69) is 13.8 Å². The molecule has 2 aliphatic carbocycles. The molecule has 0 nitrogen and oxygen atoms in total. The standard InChI is InChI=1S/C9H16/c1-7-5-9(2)4-3-8(7)6-9/h7-8H,3-6H2,1-2H3/t7-,8-,9-/m0/s1. The van der Waals surface area contributed by atoms with E-state index >= 15 is 0 Å². The molecule has 2 aliphatic rings. The zero-order valence-electron chi connectivity index (χ0n) is 6.48. The van der Waals surface area contributed by atoms with Crippen molar-refractivity contribution in [1.29, 1.82) is 0 Å². The van der Waals surface area contributed by atoms with Gasteiger partial charge in [-0.05, 0) is 42.9 Å². The molecule has 9 heavy (non-hydrogen) atoms. The SMILES string of the molecule is C[C@H]1C[C@]2(C)CC[C@H]1C2. The van der Waals surface area contributed by atoms with Crippen LogP contribution < -0.4 is 0 Å². The van der Waals surface area contributed by atoms with Gasteiger partial charge in [0.05, 0.1) is 0 Å². The van der Waals surface area contributed by atoms with E-state index in [0.717, 1.165) is 17.3 Å². The van der Waals surface area contributed by atoms with Gasteiger partial charge in [-0.25, -0.2) is 0 Å². The highest BCUT2D eigenvalue weighted by Crippen LogP contribution is 2.56. The molecule has 0 heterocycles. The summed E-state index contributed by atoms with van der Waals surface area (Å²) in [5.41, 5.74) is 0.782. The van der Waals surface area contributed by atoms with Gasteiger partial charge >= 0.3 is 0 Å². The number of hydrogen-bond donors (Lipinski definition) is 0. The molecule has 2 saturated carbocycles. The summed E-state index contributed by atoms with van der Waals surface area (Å²) >= 11 is 0. The van der Waals surface area contributed by atoms with E-state index in [-0.39, 0.29) is 0 Å². The van der Waals surface area contributed by atoms with E-state index < -0.39 is 0 Å². The average molecular weight is 124 g/mol. The third-order valence-corrected chi connectivity index (χ3v) is 3.49. The molecule has 0 amide bonds. The Morgan fingerprint density at radius 3 is 2.33 bits per heavy atom. The van der Waals surface area contributed by atoms with Gasteiger partial charge in [-0.2, -0.15) is 0 Å². The molecule has 0 spiro atoms. The van der Waals surface area contributed by atoms with Crippen LogP contribution in [-0.2, 0) is 0 Å². The van der Waals surface area contributed by atoms with Gasteiger partial charge in [0.1, 0.15) is 0 Å². The summed E-state index contributed by atoms with van der Waals surface area (Å²) in [6.45, 7) is 4.89. The molecule has 0 saturated heterocycles. The average Bonchev–Trinajstić information content (AvgIpc) is 2.20. The topological polar surface area (TPSA) is 0 Å². The third kappa shape index (κ3) is 0.720. The van der Waals surface area contributed by atoms with E-state index in [9.17, 15) is 0 Å². The highest BCUT2D eigenvalue weighted by molar-refractivity contribution is 4.95. The van der Waals surface area contributed by atoms with Crippen molar-refractivity contribution in [3.63, 3.8) is 0 Å². The summed E-state index contributed by atoms with van der Waals surface area (Å²) in [6.07, 6.45) is 6.09. The first-order valence-electron chi connectivity index (χ1n) is 4.20. The maximum atomic E-state index is 2.47. The molecular formula is C9H16. The van der Waals surface area contributed by atoms with Gasteiger partial charge in [0, 0.05) is 0 Å². The van der Waals surface area contributed by atoms with Crippen molar-refractivity contribution in [2.75, 3.05) is 0 Å². The second kappa shape index (κ2) is 1.53. The van der Waals surface area contributed by atoms with Gasteiger partial charge in [-0.15, -0.1) is 0 Å². The maximum absolute atomic E-state index is 2.47. The molecule has 3 atom stereocenters. The zero-order chi connectivity index (χ0) is 6.48. The number of fused-ring (bicyclic) bond motifs is 2. The molecule has 2 rings (SSSR count). The molecule has 0 unspecified atom stereocenters. The normalized spacial score (nSPS) is 56.7. The summed E-state index contributed by atoms with van der Waals surface area (Å²) in [5, 5.41) is 0. The second-order valence-electron chi connectivity index (χ2n) is 4.49. The number of rotatable bonds is 0. The Hall–Kier alpha value is 0. The Morgan fingerprint density at radius 1 is 1.33 bits per heavy atom. The third-order valence-electron chi connectivity index (χ3n) is 3.49. The van der Waals surface area contributed by atoms with Crippen LogP contribution in [0.3, 0.4) is 0 Å². The van der Waals surface area contributed by atoms with E-state index in [1.165, 1.54) is 25.7 Å². The van der Waals surface area contributed by atoms with Crippen LogP contribution in [0.15, 0.2) is 0 Å². The molecule has 52 valence electrons. The van der Waals surface area contributed by atoms with E-state index in [0.29, 0.717) is 0 Å². The lowest BCUT2D eigenvalue weighted by molar-refractivity contribution is 0.281. The molecule has 0 N–H and O–H groups in total. The Kier molecular flexibility index (Phi) is 0.980. The molecule has 2 fully saturated rings. The lowest BCUT2D eigenvalue weighted by atomic mass is 9.82. The van der Waals surface area contributed by atoms with Crippen LogP contribution in [0.5, 0.6) is 0 Å². The van der Waals surface area contributed by atoms with Crippen molar-refractivity contribution in [1.82, 2.24) is 0 Å². The zero-order valence-corrected chi connectivity index (χ0v) is 6.48. The van der Waals surface area contributed by atoms with E-state index in [1.54, 1.807) is 0 Å². The Morgan fingerprint density at radius 2 is 2.11 bits per heavy atom. The summed E-state index contributed by atoms with van der Waals surface area (Å²) in [4.78, 5) is 0. The molecule has 0 aromatic heterocycles. The van der Waals surface area contributed by atoms with Crippen LogP contribution in [0.1, 0.15) is 39.5 Å². The van der Waals surface area contributed by atoms with Crippen LogP contribution >= 0.6 is 0 Å². The van der Waals surface area contributed by atoms with Gasteiger partial charge in [-0.3, -0.25) is 0 Å². The Labute approximate surface area is 57.6 Å². The van der Waals surface area contributed by atoms with Gasteiger partial charge in [0.25, 0.3) is 0 Å². The van der Waals surface area contributed by atoms with E-state index in [4.69, 9.17) is 0 Å². The Bertz CT molecular complexity index is 124. The monoisotopic (exact) mass is 124 g/mol. The summed E-state index contributed by atoms with van der Waals surface area (Å²) in [6, 6.07) is 0. The van der Waals surface area contributed by atoms with Gasteiger partial charge in [-0.1, -0.05) is 13.8 Å². The van der Waals surface area contributed by atoms with Gasteiger partial charge in [0.15, 0.2) is 0 Å². The predicted molar refractivity (Wildman–Crippen MR) is 39.2 cm³/mol. The summed E-state index contributed by atoms with van der Waals surface area (Å²) in [7, 11) is 0. The first-order chi connectivity index (χ1) is 4.20. The molecule has 0 heteroatoms. The summed E-state index contributed by atoms with van der Waals surface area (Å²) < 4.78 is 0. The fraction of sp³-hybridized carbons (Fsp3) is 1.00. The quantitative estimate of drug-likeness (QED) is 0.466. The van der Waals surface area contributed by atoms with Gasteiger partial charge in [0.2, 0.25) is 0 Å². The van der Waals surface area contributed by atoms with E-state index in [1.807, 2.05) is 0 Å². The van der Waals surface area contributed by atoms with Crippen LogP contribution in [-0.4, -0.2) is 0 Å². The van der Waals surface area contributed by atoms with Crippen molar-refractivity contribution >= 4 is 0 Å². The molecule has 0 aliphatic heterocycles.